The molecular weight excluding hydrogens is 268 g/mol. The van der Waals surface area contributed by atoms with Gasteiger partial charge in [-0.25, -0.2) is 0 Å². The van der Waals surface area contributed by atoms with Crippen LogP contribution in [0.5, 0.6) is 0 Å². The fourth-order valence-electron chi connectivity index (χ4n) is 2.15. The van der Waals surface area contributed by atoms with Crippen molar-refractivity contribution in [3.8, 4) is 6.07 Å². The molecule has 0 heterocycles. The number of hydrogen-bond acceptors (Lipinski definition) is 4. The Bertz CT molecular complexity index is 587. The van der Waals surface area contributed by atoms with Crippen LogP contribution in [0.1, 0.15) is 30.1 Å². The van der Waals surface area contributed by atoms with Crippen molar-refractivity contribution in [1.82, 2.24) is 5.32 Å². The van der Waals surface area contributed by atoms with Gasteiger partial charge in [-0.05, 0) is 49.9 Å². The van der Waals surface area contributed by atoms with E-state index in [1.54, 1.807) is 31.2 Å². The minimum Gasteiger partial charge on any atom is -0.376 e. The standard InChI is InChI=1S/C15H18N4O2/c1-15(9-16,11-4-5-11)19-13(20)8-18-12-6-2-10(3-7-12)14(17)21/h2-3,6-7,11,18H,4-5,8H2,1H3,(H2,17,21)(H,19,20). The van der Waals surface area contributed by atoms with Gasteiger partial charge in [-0.1, -0.05) is 0 Å². The quantitative estimate of drug-likeness (QED) is 0.725. The third kappa shape index (κ3) is 3.72. The first-order valence-electron chi connectivity index (χ1n) is 6.80. The molecule has 6 nitrogen and oxygen atoms in total. The van der Waals surface area contributed by atoms with Gasteiger partial charge in [-0.15, -0.1) is 0 Å². The van der Waals surface area contributed by atoms with E-state index in [0.29, 0.717) is 11.3 Å². The normalized spacial score (nSPS) is 16.4. The minimum absolute atomic E-state index is 0.0694. The molecule has 1 unspecified atom stereocenters. The number of benzene rings is 1. The van der Waals surface area contributed by atoms with E-state index >= 15 is 0 Å². The number of amides is 2. The van der Waals surface area contributed by atoms with Crippen LogP contribution in [0, 0.1) is 17.2 Å². The molecule has 1 aromatic rings. The lowest BCUT2D eigenvalue weighted by molar-refractivity contribution is -0.120. The van der Waals surface area contributed by atoms with Gasteiger partial charge in [-0.3, -0.25) is 9.59 Å². The third-order valence-corrected chi connectivity index (χ3v) is 3.65. The minimum atomic E-state index is -0.783. The average Bonchev–Trinajstić information content (AvgIpc) is 3.30. The summed E-state index contributed by atoms with van der Waals surface area (Å²) < 4.78 is 0. The van der Waals surface area contributed by atoms with E-state index < -0.39 is 11.4 Å². The molecule has 21 heavy (non-hydrogen) atoms. The van der Waals surface area contributed by atoms with Gasteiger partial charge in [0.2, 0.25) is 11.8 Å². The zero-order valence-corrected chi connectivity index (χ0v) is 11.8. The van der Waals surface area contributed by atoms with Crippen molar-refractivity contribution in [2.45, 2.75) is 25.3 Å². The molecule has 1 aliphatic carbocycles. The molecule has 0 radical (unpaired) electrons. The van der Waals surface area contributed by atoms with Crippen LogP contribution in [-0.4, -0.2) is 23.9 Å². The molecule has 0 spiro atoms. The fourth-order valence-corrected chi connectivity index (χ4v) is 2.15. The van der Waals surface area contributed by atoms with Crippen LogP contribution < -0.4 is 16.4 Å². The second-order valence-corrected chi connectivity index (χ2v) is 5.43. The lowest BCUT2D eigenvalue weighted by Crippen LogP contribution is -2.48. The highest BCUT2D eigenvalue weighted by molar-refractivity contribution is 5.93. The maximum absolute atomic E-state index is 11.9. The SMILES string of the molecule is CC(C#N)(NC(=O)CNc1ccc(C(N)=O)cc1)C1CC1. The Hall–Kier alpha value is -2.55. The number of nitrogens with zero attached hydrogens (tertiary/aromatic N) is 1. The maximum atomic E-state index is 11.9. The van der Waals surface area contributed by atoms with Crippen LogP contribution in [-0.2, 0) is 4.79 Å². The van der Waals surface area contributed by atoms with Crippen molar-refractivity contribution in [3.63, 3.8) is 0 Å². The lowest BCUT2D eigenvalue weighted by Gasteiger charge is -2.23. The van der Waals surface area contributed by atoms with Crippen molar-refractivity contribution in [2.24, 2.45) is 11.7 Å². The molecule has 110 valence electrons. The summed E-state index contributed by atoms with van der Waals surface area (Å²) in [5, 5.41) is 14.9. The number of rotatable bonds is 6. The Kier molecular flexibility index (Phi) is 4.13. The summed E-state index contributed by atoms with van der Waals surface area (Å²) in [6.07, 6.45) is 1.96. The van der Waals surface area contributed by atoms with Crippen LogP contribution in [0.3, 0.4) is 0 Å². The van der Waals surface area contributed by atoms with Crippen molar-refractivity contribution in [2.75, 3.05) is 11.9 Å². The molecule has 1 aliphatic rings. The summed E-state index contributed by atoms with van der Waals surface area (Å²) in [7, 11) is 0. The lowest BCUT2D eigenvalue weighted by atomic mass is 9.98. The predicted molar refractivity (Wildman–Crippen MR) is 78.3 cm³/mol. The van der Waals surface area contributed by atoms with E-state index in [4.69, 9.17) is 5.73 Å². The van der Waals surface area contributed by atoms with Gasteiger partial charge >= 0.3 is 0 Å². The molecule has 2 amide bonds. The zero-order valence-electron chi connectivity index (χ0n) is 11.8. The highest BCUT2D eigenvalue weighted by Crippen LogP contribution is 2.39. The number of nitriles is 1. The van der Waals surface area contributed by atoms with Gasteiger partial charge in [0.15, 0.2) is 0 Å². The summed E-state index contributed by atoms with van der Waals surface area (Å²) in [6, 6.07) is 8.71. The van der Waals surface area contributed by atoms with Crippen LogP contribution in [0.4, 0.5) is 5.69 Å². The first-order valence-corrected chi connectivity index (χ1v) is 6.80. The molecule has 4 N–H and O–H groups in total. The molecule has 0 saturated heterocycles. The molecule has 0 bridgehead atoms. The van der Waals surface area contributed by atoms with Crippen LogP contribution in [0.15, 0.2) is 24.3 Å². The Labute approximate surface area is 123 Å². The van der Waals surface area contributed by atoms with E-state index in [1.807, 2.05) is 0 Å². The van der Waals surface area contributed by atoms with Gasteiger partial charge in [0, 0.05) is 11.3 Å². The highest BCUT2D eigenvalue weighted by atomic mass is 16.2. The summed E-state index contributed by atoms with van der Waals surface area (Å²) >= 11 is 0. The highest BCUT2D eigenvalue weighted by Gasteiger charge is 2.42. The third-order valence-electron chi connectivity index (χ3n) is 3.65. The smallest absolute Gasteiger partial charge is 0.248 e. The van der Waals surface area contributed by atoms with Crippen molar-refractivity contribution < 1.29 is 9.59 Å². The van der Waals surface area contributed by atoms with Gasteiger partial charge in [0.05, 0.1) is 12.6 Å². The Balaban J connectivity index is 1.86. The zero-order chi connectivity index (χ0) is 15.5. The second-order valence-electron chi connectivity index (χ2n) is 5.43. The number of nitrogens with one attached hydrogen (secondary N) is 2. The Morgan fingerprint density at radius 2 is 2.00 bits per heavy atom. The molecule has 2 rings (SSSR count). The molecule has 1 saturated carbocycles. The monoisotopic (exact) mass is 286 g/mol. The first kappa shape index (κ1) is 14.9. The van der Waals surface area contributed by atoms with Gasteiger partial charge < -0.3 is 16.4 Å². The van der Waals surface area contributed by atoms with E-state index in [9.17, 15) is 14.9 Å². The summed E-state index contributed by atoms with van der Waals surface area (Å²) in [6.45, 7) is 1.82. The Morgan fingerprint density at radius 3 is 2.48 bits per heavy atom. The summed E-state index contributed by atoms with van der Waals surface area (Å²) in [5.41, 5.74) is 5.49. The summed E-state index contributed by atoms with van der Waals surface area (Å²) in [4.78, 5) is 22.8. The van der Waals surface area contributed by atoms with Gasteiger partial charge in [-0.2, -0.15) is 5.26 Å². The van der Waals surface area contributed by atoms with E-state index in [1.165, 1.54) is 0 Å². The molecule has 0 aromatic heterocycles. The van der Waals surface area contributed by atoms with Crippen LogP contribution in [0.2, 0.25) is 0 Å². The molecule has 0 aliphatic heterocycles. The van der Waals surface area contributed by atoms with E-state index in [-0.39, 0.29) is 18.4 Å². The van der Waals surface area contributed by atoms with Gasteiger partial charge in [0.1, 0.15) is 5.54 Å². The maximum Gasteiger partial charge on any atom is 0.248 e. The van der Waals surface area contributed by atoms with E-state index in [2.05, 4.69) is 16.7 Å². The van der Waals surface area contributed by atoms with Crippen LogP contribution in [0.25, 0.3) is 0 Å². The first-order chi connectivity index (χ1) is 9.94. The number of hydrogen-bond donors (Lipinski definition) is 3. The molecule has 6 heteroatoms. The number of anilines is 1. The second kappa shape index (κ2) is 5.83. The van der Waals surface area contributed by atoms with Crippen molar-refractivity contribution in [1.29, 1.82) is 5.26 Å². The predicted octanol–water partition coefficient (Wildman–Crippen LogP) is 1.01. The molecule has 1 fully saturated rings. The fraction of sp³-hybridized carbons (Fsp3) is 0.400. The number of nitrogens with two attached hydrogens (primary N) is 1. The van der Waals surface area contributed by atoms with Crippen molar-refractivity contribution >= 4 is 17.5 Å². The average molecular weight is 286 g/mol. The number of carbonyl (C=O) groups is 2. The molecule has 1 aromatic carbocycles. The van der Waals surface area contributed by atoms with Crippen LogP contribution >= 0.6 is 0 Å². The molecular formula is C15H18N4O2. The number of carbonyl (C=O) groups excluding carboxylic acids is 2. The number of primary amides is 1. The van der Waals surface area contributed by atoms with E-state index in [0.717, 1.165) is 12.8 Å². The topological polar surface area (TPSA) is 108 Å². The summed E-state index contributed by atoms with van der Waals surface area (Å²) in [5.74, 6) is -0.472. The molecule has 1 atom stereocenters. The largest absolute Gasteiger partial charge is 0.376 e. The van der Waals surface area contributed by atoms with Gasteiger partial charge in [0.25, 0.3) is 0 Å². The van der Waals surface area contributed by atoms with Crippen molar-refractivity contribution in [3.05, 3.63) is 29.8 Å². The Morgan fingerprint density at radius 1 is 1.38 bits per heavy atom.